The lowest BCUT2D eigenvalue weighted by Gasteiger charge is -2.03. The van der Waals surface area contributed by atoms with Gasteiger partial charge in [-0.15, -0.1) is 0 Å². The Labute approximate surface area is 145 Å². The summed E-state index contributed by atoms with van der Waals surface area (Å²) in [5.41, 5.74) is 1.68. The van der Waals surface area contributed by atoms with E-state index in [0.29, 0.717) is 24.4 Å². The van der Waals surface area contributed by atoms with Crippen LogP contribution in [0.4, 0.5) is 4.39 Å². The third-order valence-electron chi connectivity index (χ3n) is 3.82. The van der Waals surface area contributed by atoms with Gasteiger partial charge in [0, 0.05) is 18.5 Å². The topological polar surface area (TPSA) is 95.1 Å². The molecule has 1 aromatic carbocycles. The molecule has 134 valence electrons. The summed E-state index contributed by atoms with van der Waals surface area (Å²) < 4.78 is 12.9. The largest absolute Gasteiger partial charge is 0.481 e. The molecule has 0 atom stereocenters. The van der Waals surface area contributed by atoms with E-state index in [1.165, 1.54) is 12.1 Å². The zero-order valence-corrected chi connectivity index (χ0v) is 13.9. The van der Waals surface area contributed by atoms with E-state index >= 15 is 0 Å². The third kappa shape index (κ3) is 6.37. The lowest BCUT2D eigenvalue weighted by molar-refractivity contribution is -0.137. The van der Waals surface area contributed by atoms with Gasteiger partial charge in [-0.05, 0) is 43.2 Å². The van der Waals surface area contributed by atoms with Gasteiger partial charge < -0.3 is 10.4 Å². The highest BCUT2D eigenvalue weighted by Crippen LogP contribution is 2.17. The molecule has 1 aromatic heterocycles. The maximum atomic E-state index is 12.9. The SMILES string of the molecule is O=C(O)CCCCCCCNC(=O)c1cc(-c2ccc(F)cc2)n[nH]1. The summed E-state index contributed by atoms with van der Waals surface area (Å²) in [5, 5.41) is 18.1. The molecule has 0 saturated heterocycles. The van der Waals surface area contributed by atoms with Crippen LogP contribution in [-0.2, 0) is 4.79 Å². The third-order valence-corrected chi connectivity index (χ3v) is 3.82. The summed E-state index contributed by atoms with van der Waals surface area (Å²) in [4.78, 5) is 22.4. The number of carbonyl (C=O) groups is 2. The molecule has 0 aliphatic heterocycles. The lowest BCUT2D eigenvalue weighted by Crippen LogP contribution is -2.24. The van der Waals surface area contributed by atoms with Crippen molar-refractivity contribution in [2.75, 3.05) is 6.54 Å². The summed E-state index contributed by atoms with van der Waals surface area (Å²) in [6.07, 6.45) is 4.56. The Balaban J connectivity index is 1.68. The number of aliphatic carboxylic acids is 1. The monoisotopic (exact) mass is 347 g/mol. The second-order valence-corrected chi connectivity index (χ2v) is 5.84. The van der Waals surface area contributed by atoms with Crippen LogP contribution in [0, 0.1) is 5.82 Å². The standard InChI is InChI=1S/C18H22FN3O3/c19-14-9-7-13(8-10-14)15-12-16(22-21-15)18(25)20-11-5-3-1-2-4-6-17(23)24/h7-10,12H,1-6,11H2,(H,20,25)(H,21,22)(H,23,24). The first-order chi connectivity index (χ1) is 12.1. The Bertz CT molecular complexity index is 698. The highest BCUT2D eigenvalue weighted by atomic mass is 19.1. The van der Waals surface area contributed by atoms with Crippen molar-refractivity contribution in [3.05, 3.63) is 41.8 Å². The Kier molecular flexibility index (Phi) is 7.13. The molecule has 3 N–H and O–H groups in total. The van der Waals surface area contributed by atoms with Crippen molar-refractivity contribution >= 4 is 11.9 Å². The van der Waals surface area contributed by atoms with E-state index in [2.05, 4.69) is 15.5 Å². The Morgan fingerprint density at radius 2 is 1.76 bits per heavy atom. The van der Waals surface area contributed by atoms with Gasteiger partial charge in [0.25, 0.3) is 5.91 Å². The van der Waals surface area contributed by atoms with Gasteiger partial charge >= 0.3 is 5.97 Å². The fourth-order valence-corrected chi connectivity index (χ4v) is 2.44. The van der Waals surface area contributed by atoms with E-state index in [0.717, 1.165) is 31.2 Å². The molecule has 1 amide bonds. The number of aromatic nitrogens is 2. The number of hydrogen-bond acceptors (Lipinski definition) is 3. The molecule has 25 heavy (non-hydrogen) atoms. The number of nitrogens with zero attached hydrogens (tertiary/aromatic N) is 1. The van der Waals surface area contributed by atoms with Gasteiger partial charge in [-0.2, -0.15) is 5.10 Å². The molecule has 0 spiro atoms. The minimum absolute atomic E-state index is 0.215. The summed E-state index contributed by atoms with van der Waals surface area (Å²) in [7, 11) is 0. The first kappa shape index (κ1) is 18.6. The van der Waals surface area contributed by atoms with Gasteiger partial charge in [-0.25, -0.2) is 4.39 Å². The maximum Gasteiger partial charge on any atom is 0.303 e. The number of carboxylic acids is 1. The van der Waals surface area contributed by atoms with Crippen LogP contribution >= 0.6 is 0 Å². The maximum absolute atomic E-state index is 12.9. The number of carbonyl (C=O) groups excluding carboxylic acids is 1. The van der Waals surface area contributed by atoms with E-state index in [4.69, 9.17) is 5.11 Å². The van der Waals surface area contributed by atoms with Gasteiger partial charge in [0.2, 0.25) is 0 Å². The fourth-order valence-electron chi connectivity index (χ4n) is 2.44. The zero-order chi connectivity index (χ0) is 18.1. The number of amides is 1. The number of carboxylic acid groups (broad SMARTS) is 1. The van der Waals surface area contributed by atoms with Crippen molar-refractivity contribution in [3.63, 3.8) is 0 Å². The molecule has 6 nitrogen and oxygen atoms in total. The summed E-state index contributed by atoms with van der Waals surface area (Å²) in [6, 6.07) is 7.55. The number of halogens is 1. The zero-order valence-electron chi connectivity index (χ0n) is 13.9. The number of benzene rings is 1. The van der Waals surface area contributed by atoms with Crippen LogP contribution in [0.2, 0.25) is 0 Å². The lowest BCUT2D eigenvalue weighted by atomic mass is 10.1. The molecule has 0 aliphatic rings. The van der Waals surface area contributed by atoms with Crippen LogP contribution in [0.5, 0.6) is 0 Å². The number of H-pyrrole nitrogens is 1. The molecule has 0 saturated carbocycles. The van der Waals surface area contributed by atoms with Gasteiger partial charge in [0.1, 0.15) is 11.5 Å². The van der Waals surface area contributed by atoms with Crippen LogP contribution < -0.4 is 5.32 Å². The van der Waals surface area contributed by atoms with Gasteiger partial charge in [-0.1, -0.05) is 19.3 Å². The minimum atomic E-state index is -0.758. The van der Waals surface area contributed by atoms with Crippen LogP contribution in [0.1, 0.15) is 49.0 Å². The number of nitrogens with one attached hydrogen (secondary N) is 2. The highest BCUT2D eigenvalue weighted by Gasteiger charge is 2.10. The van der Waals surface area contributed by atoms with Crippen molar-refractivity contribution in [2.24, 2.45) is 0 Å². The second kappa shape index (κ2) is 9.56. The van der Waals surface area contributed by atoms with Crippen LogP contribution in [0.25, 0.3) is 11.3 Å². The number of aromatic amines is 1. The molecule has 0 unspecified atom stereocenters. The predicted octanol–water partition coefficient (Wildman–Crippen LogP) is 3.37. The van der Waals surface area contributed by atoms with E-state index in [1.54, 1.807) is 18.2 Å². The highest BCUT2D eigenvalue weighted by molar-refractivity contribution is 5.93. The molecule has 0 aliphatic carbocycles. The van der Waals surface area contributed by atoms with Crippen LogP contribution in [0.3, 0.4) is 0 Å². The fraction of sp³-hybridized carbons (Fsp3) is 0.389. The number of unbranched alkanes of at least 4 members (excludes halogenated alkanes) is 4. The second-order valence-electron chi connectivity index (χ2n) is 5.84. The first-order valence-corrected chi connectivity index (χ1v) is 8.37. The van der Waals surface area contributed by atoms with Crippen LogP contribution in [-0.4, -0.2) is 33.7 Å². The smallest absolute Gasteiger partial charge is 0.303 e. The Morgan fingerprint density at radius 1 is 1.08 bits per heavy atom. The summed E-state index contributed by atoms with van der Waals surface area (Å²) >= 11 is 0. The van der Waals surface area contributed by atoms with Crippen molar-refractivity contribution < 1.29 is 19.1 Å². The van der Waals surface area contributed by atoms with Crippen molar-refractivity contribution in [2.45, 2.75) is 38.5 Å². The van der Waals surface area contributed by atoms with Crippen molar-refractivity contribution in [1.29, 1.82) is 0 Å². The van der Waals surface area contributed by atoms with Gasteiger partial charge in [0.15, 0.2) is 0 Å². The van der Waals surface area contributed by atoms with E-state index < -0.39 is 5.97 Å². The Hall–Kier alpha value is -2.70. The molecule has 1 heterocycles. The first-order valence-electron chi connectivity index (χ1n) is 8.37. The summed E-state index contributed by atoms with van der Waals surface area (Å²) in [5.74, 6) is -1.31. The van der Waals surface area contributed by atoms with Crippen molar-refractivity contribution in [3.8, 4) is 11.3 Å². The molecule has 2 rings (SSSR count). The van der Waals surface area contributed by atoms with E-state index in [1.807, 2.05) is 0 Å². The summed E-state index contributed by atoms with van der Waals surface area (Å²) in [6.45, 7) is 0.558. The van der Waals surface area contributed by atoms with Crippen molar-refractivity contribution in [1.82, 2.24) is 15.5 Å². The molecule has 2 aromatic rings. The Morgan fingerprint density at radius 3 is 2.48 bits per heavy atom. The molecule has 7 heteroatoms. The minimum Gasteiger partial charge on any atom is -0.481 e. The predicted molar refractivity (Wildman–Crippen MR) is 91.7 cm³/mol. The number of rotatable bonds is 10. The van der Waals surface area contributed by atoms with E-state index in [-0.39, 0.29) is 18.1 Å². The number of hydrogen-bond donors (Lipinski definition) is 3. The van der Waals surface area contributed by atoms with Gasteiger partial charge in [0.05, 0.1) is 5.69 Å². The molecular formula is C18H22FN3O3. The van der Waals surface area contributed by atoms with E-state index in [9.17, 15) is 14.0 Å². The average Bonchev–Trinajstić information content (AvgIpc) is 3.07. The normalized spacial score (nSPS) is 10.6. The molecular weight excluding hydrogens is 325 g/mol. The molecule has 0 bridgehead atoms. The quantitative estimate of drug-likeness (QED) is 0.574. The molecule has 0 radical (unpaired) electrons. The van der Waals surface area contributed by atoms with Crippen LogP contribution in [0.15, 0.2) is 30.3 Å². The average molecular weight is 347 g/mol. The van der Waals surface area contributed by atoms with Gasteiger partial charge in [-0.3, -0.25) is 14.7 Å². The molecule has 0 fully saturated rings.